The van der Waals surface area contributed by atoms with E-state index in [1.165, 1.54) is 16.7 Å². The molecule has 1 N–H and O–H groups in total. The monoisotopic (exact) mass is 511 g/mol. The van der Waals surface area contributed by atoms with Crippen molar-refractivity contribution in [1.82, 2.24) is 29.2 Å². The normalized spacial score (nSPS) is 15.4. The Balaban J connectivity index is 1.62. The van der Waals surface area contributed by atoms with Crippen LogP contribution >= 0.6 is 0 Å². The highest BCUT2D eigenvalue weighted by Crippen LogP contribution is 2.37. The molecule has 1 aromatic carbocycles. The van der Waals surface area contributed by atoms with Crippen LogP contribution in [-0.4, -0.2) is 42.8 Å². The maximum Gasteiger partial charge on any atom is 0.278 e. The first-order chi connectivity index (χ1) is 17.9. The van der Waals surface area contributed by atoms with Gasteiger partial charge < -0.3 is 10.2 Å². The highest BCUT2D eigenvalue weighted by molar-refractivity contribution is 5.77. The van der Waals surface area contributed by atoms with Crippen molar-refractivity contribution in [3.63, 3.8) is 0 Å². The van der Waals surface area contributed by atoms with Crippen molar-refractivity contribution >= 4 is 22.7 Å². The molecule has 1 aliphatic rings. The molecule has 0 radical (unpaired) electrons. The number of fused-ring (bicyclic) bond motifs is 2. The summed E-state index contributed by atoms with van der Waals surface area (Å²) in [6, 6.07) is 10.2. The number of allylic oxidation sites excluding steroid dienone is 1. The minimum atomic E-state index is -0.177. The molecule has 38 heavy (non-hydrogen) atoms. The fourth-order valence-corrected chi connectivity index (χ4v) is 5.82. The predicted octanol–water partition coefficient (Wildman–Crippen LogP) is 5.24. The van der Waals surface area contributed by atoms with Crippen LogP contribution in [0.1, 0.15) is 57.0 Å². The lowest BCUT2D eigenvalue weighted by Gasteiger charge is -2.39. The second-order valence-corrected chi connectivity index (χ2v) is 12.1. The highest BCUT2D eigenvalue weighted by atomic mass is 16.1. The van der Waals surface area contributed by atoms with Crippen molar-refractivity contribution in [1.29, 1.82) is 0 Å². The van der Waals surface area contributed by atoms with Gasteiger partial charge in [0.2, 0.25) is 5.95 Å². The number of anilines is 2. The molecule has 0 unspecified atom stereocenters. The molecule has 0 amide bonds. The number of pyridine rings is 1. The molecule has 8 heteroatoms. The summed E-state index contributed by atoms with van der Waals surface area (Å²) in [6.45, 7) is 19.2. The average Bonchev–Trinajstić information content (AvgIpc) is 3.08. The molecule has 4 aromatic rings. The largest absolute Gasteiger partial charge is 0.324 e. The Morgan fingerprint density at radius 3 is 2.66 bits per heavy atom. The van der Waals surface area contributed by atoms with Gasteiger partial charge in [0.1, 0.15) is 5.39 Å². The fourth-order valence-electron chi connectivity index (χ4n) is 5.82. The number of rotatable bonds is 5. The van der Waals surface area contributed by atoms with Crippen LogP contribution in [0.25, 0.3) is 16.9 Å². The second kappa shape index (κ2) is 9.20. The summed E-state index contributed by atoms with van der Waals surface area (Å²) in [7, 11) is 2.16. The van der Waals surface area contributed by atoms with E-state index < -0.39 is 0 Å². The molecular formula is C30H37N7O. The Bertz CT molecular complexity index is 1600. The van der Waals surface area contributed by atoms with Crippen LogP contribution in [0.2, 0.25) is 0 Å². The van der Waals surface area contributed by atoms with Crippen LogP contribution < -0.4 is 10.9 Å². The zero-order chi connectivity index (χ0) is 27.4. The Hall–Kier alpha value is -3.78. The van der Waals surface area contributed by atoms with Crippen molar-refractivity contribution in [2.24, 2.45) is 0 Å². The lowest BCUT2D eigenvalue weighted by Crippen LogP contribution is -2.40. The number of nitrogens with zero attached hydrogens (tertiary/aromatic N) is 6. The maximum absolute atomic E-state index is 13.3. The van der Waals surface area contributed by atoms with E-state index in [1.807, 2.05) is 18.2 Å². The molecule has 0 saturated heterocycles. The van der Waals surface area contributed by atoms with Crippen molar-refractivity contribution in [2.75, 3.05) is 18.9 Å². The zero-order valence-electron chi connectivity index (χ0n) is 23.5. The van der Waals surface area contributed by atoms with Crippen LogP contribution in [-0.2, 0) is 23.9 Å². The van der Waals surface area contributed by atoms with E-state index in [-0.39, 0.29) is 16.4 Å². The molecule has 0 bridgehead atoms. The van der Waals surface area contributed by atoms with Crippen molar-refractivity contribution < 1.29 is 0 Å². The van der Waals surface area contributed by atoms with Crippen molar-refractivity contribution in [2.45, 2.75) is 65.5 Å². The standard InChI is InChI=1S/C30H37N7O/c1-9-13-36-27(38)22-16-31-28(34-26(22)37(36)24-12-10-11-23(33-24)29(3,4)5)32-21-14-19(2)25-20(15-21)17-35(8)18-30(25,6)7/h9-12,14-16H,1,13,17-18H2,2-8H3,(H,31,32,34). The molecule has 0 fully saturated rings. The summed E-state index contributed by atoms with van der Waals surface area (Å²) >= 11 is 0. The van der Waals surface area contributed by atoms with Gasteiger partial charge in [0.25, 0.3) is 5.56 Å². The summed E-state index contributed by atoms with van der Waals surface area (Å²) in [5.41, 5.74) is 6.10. The van der Waals surface area contributed by atoms with Gasteiger partial charge in [-0.2, -0.15) is 4.98 Å². The summed E-state index contributed by atoms with van der Waals surface area (Å²) in [5.74, 6) is 1.06. The third kappa shape index (κ3) is 4.53. The molecule has 0 atom stereocenters. The molecule has 1 aliphatic heterocycles. The van der Waals surface area contributed by atoms with Crippen LogP contribution in [0.4, 0.5) is 11.6 Å². The summed E-state index contributed by atoms with van der Waals surface area (Å²) < 4.78 is 3.38. The van der Waals surface area contributed by atoms with E-state index in [9.17, 15) is 4.79 Å². The molecule has 0 spiro atoms. The number of likely N-dealkylation sites (N-methyl/N-ethyl adjacent to an activating group) is 1. The molecular weight excluding hydrogens is 474 g/mol. The van der Waals surface area contributed by atoms with Crippen LogP contribution in [0, 0.1) is 6.92 Å². The minimum absolute atomic E-state index is 0.0824. The molecule has 3 aromatic heterocycles. The number of benzene rings is 1. The van der Waals surface area contributed by atoms with Gasteiger partial charge in [-0.25, -0.2) is 19.3 Å². The van der Waals surface area contributed by atoms with Gasteiger partial charge in [-0.1, -0.05) is 46.8 Å². The first-order valence-corrected chi connectivity index (χ1v) is 13.1. The minimum Gasteiger partial charge on any atom is -0.324 e. The Morgan fingerprint density at radius 1 is 1.18 bits per heavy atom. The number of nitrogens with one attached hydrogen (secondary N) is 1. The maximum atomic E-state index is 13.3. The lowest BCUT2D eigenvalue weighted by atomic mass is 9.76. The first kappa shape index (κ1) is 25.9. The summed E-state index contributed by atoms with van der Waals surface area (Å²) in [5, 5.41) is 3.83. The molecule has 4 heterocycles. The van der Waals surface area contributed by atoms with Gasteiger partial charge in [-0.3, -0.25) is 4.79 Å². The zero-order valence-corrected chi connectivity index (χ0v) is 23.5. The third-order valence-electron chi connectivity index (χ3n) is 7.15. The van der Waals surface area contributed by atoms with Crippen LogP contribution in [0.15, 0.2) is 54.0 Å². The molecule has 0 aliphatic carbocycles. The van der Waals surface area contributed by atoms with Crippen molar-refractivity contribution in [3.8, 4) is 5.82 Å². The van der Waals surface area contributed by atoms with E-state index in [0.29, 0.717) is 29.3 Å². The van der Waals surface area contributed by atoms with Gasteiger partial charge in [0.15, 0.2) is 11.5 Å². The van der Waals surface area contributed by atoms with Gasteiger partial charge in [0, 0.05) is 41.5 Å². The van der Waals surface area contributed by atoms with Gasteiger partial charge >= 0.3 is 0 Å². The number of aromatic nitrogens is 5. The fraction of sp³-hybridized carbons (Fsp3) is 0.400. The lowest BCUT2D eigenvalue weighted by molar-refractivity contribution is 0.235. The summed E-state index contributed by atoms with van der Waals surface area (Å²) in [6.07, 6.45) is 3.30. The van der Waals surface area contributed by atoms with E-state index >= 15 is 0 Å². The van der Waals surface area contributed by atoms with E-state index in [2.05, 4.69) is 82.5 Å². The Morgan fingerprint density at radius 2 is 1.95 bits per heavy atom. The quantitative estimate of drug-likeness (QED) is 0.369. The predicted molar refractivity (Wildman–Crippen MR) is 154 cm³/mol. The third-order valence-corrected chi connectivity index (χ3v) is 7.15. The van der Waals surface area contributed by atoms with Crippen LogP contribution in [0.3, 0.4) is 0 Å². The van der Waals surface area contributed by atoms with E-state index in [1.54, 1.807) is 21.6 Å². The number of aryl methyl sites for hydroxylation is 1. The average molecular weight is 512 g/mol. The number of hydrogen-bond donors (Lipinski definition) is 1. The Kier molecular flexibility index (Phi) is 6.26. The van der Waals surface area contributed by atoms with Crippen molar-refractivity contribution in [3.05, 3.63) is 81.9 Å². The molecule has 8 nitrogen and oxygen atoms in total. The number of hydrogen-bond acceptors (Lipinski definition) is 6. The van der Waals surface area contributed by atoms with E-state index in [4.69, 9.17) is 9.97 Å². The van der Waals surface area contributed by atoms with Crippen LogP contribution in [0.5, 0.6) is 0 Å². The molecule has 198 valence electrons. The van der Waals surface area contributed by atoms with Gasteiger partial charge in [-0.05, 0) is 54.9 Å². The molecule has 0 saturated carbocycles. The topological polar surface area (TPSA) is 80.9 Å². The smallest absolute Gasteiger partial charge is 0.278 e. The second-order valence-electron chi connectivity index (χ2n) is 12.1. The first-order valence-electron chi connectivity index (χ1n) is 13.1. The van der Waals surface area contributed by atoms with E-state index in [0.717, 1.165) is 24.5 Å². The highest BCUT2D eigenvalue weighted by Gasteiger charge is 2.32. The SMILES string of the molecule is C=CCn1c(=O)c2cnc(Nc3cc(C)c4c(c3)CN(C)CC4(C)C)nc2n1-c1cccc(C(C)(C)C)n1. The van der Waals surface area contributed by atoms with Gasteiger partial charge in [0.05, 0.1) is 6.54 Å². The van der Waals surface area contributed by atoms with Gasteiger partial charge in [-0.15, -0.1) is 6.58 Å². The summed E-state index contributed by atoms with van der Waals surface area (Å²) in [4.78, 5) is 29.9. The Labute approximate surface area is 224 Å². The molecule has 5 rings (SSSR count).